The second-order valence-electron chi connectivity index (χ2n) is 5.94. The molecule has 2 heteroatoms. The fourth-order valence-corrected chi connectivity index (χ4v) is 3.50. The van der Waals surface area contributed by atoms with Crippen molar-refractivity contribution < 1.29 is 0 Å². The first-order chi connectivity index (χ1) is 9.88. The third-order valence-electron chi connectivity index (χ3n) is 4.59. The van der Waals surface area contributed by atoms with Crippen molar-refractivity contribution in [3.8, 4) is 0 Å². The number of fused-ring (bicyclic) bond motifs is 1. The SMILES string of the molecule is C=CCC(CC1CCNCC1)c1c[nH]c2ccccc12. The number of hydrogen-bond acceptors (Lipinski definition) is 1. The highest BCUT2D eigenvalue weighted by Gasteiger charge is 2.21. The minimum absolute atomic E-state index is 0.603. The summed E-state index contributed by atoms with van der Waals surface area (Å²) in [4.78, 5) is 3.42. The molecule has 0 radical (unpaired) electrons. The summed E-state index contributed by atoms with van der Waals surface area (Å²) < 4.78 is 0. The van der Waals surface area contributed by atoms with Crippen LogP contribution in [0.15, 0.2) is 43.1 Å². The van der Waals surface area contributed by atoms with E-state index in [-0.39, 0.29) is 0 Å². The summed E-state index contributed by atoms with van der Waals surface area (Å²) >= 11 is 0. The van der Waals surface area contributed by atoms with Crippen LogP contribution in [0.5, 0.6) is 0 Å². The van der Waals surface area contributed by atoms with E-state index in [1.807, 2.05) is 0 Å². The maximum atomic E-state index is 3.96. The molecule has 20 heavy (non-hydrogen) atoms. The monoisotopic (exact) mass is 268 g/mol. The van der Waals surface area contributed by atoms with Gasteiger partial charge in [0, 0.05) is 17.1 Å². The first kappa shape index (κ1) is 13.4. The van der Waals surface area contributed by atoms with E-state index in [0.717, 1.165) is 12.3 Å². The van der Waals surface area contributed by atoms with Gasteiger partial charge in [-0.25, -0.2) is 0 Å². The highest BCUT2D eigenvalue weighted by Crippen LogP contribution is 2.35. The van der Waals surface area contributed by atoms with Crippen molar-refractivity contribution in [2.24, 2.45) is 5.92 Å². The van der Waals surface area contributed by atoms with Crippen LogP contribution in [0.3, 0.4) is 0 Å². The number of aromatic amines is 1. The van der Waals surface area contributed by atoms with Crippen LogP contribution in [0.2, 0.25) is 0 Å². The second-order valence-corrected chi connectivity index (χ2v) is 5.94. The van der Waals surface area contributed by atoms with Gasteiger partial charge in [0.05, 0.1) is 0 Å². The second kappa shape index (κ2) is 6.27. The Bertz CT molecular complexity index is 564. The van der Waals surface area contributed by atoms with E-state index in [1.54, 1.807) is 0 Å². The lowest BCUT2D eigenvalue weighted by atomic mass is 9.82. The fourth-order valence-electron chi connectivity index (χ4n) is 3.50. The molecule has 1 unspecified atom stereocenters. The summed E-state index contributed by atoms with van der Waals surface area (Å²) in [5, 5.41) is 4.84. The van der Waals surface area contributed by atoms with Crippen LogP contribution in [0.25, 0.3) is 10.9 Å². The molecule has 1 aromatic carbocycles. The van der Waals surface area contributed by atoms with Gasteiger partial charge >= 0.3 is 0 Å². The molecule has 3 rings (SSSR count). The number of rotatable bonds is 5. The predicted octanol–water partition coefficient (Wildman–Crippen LogP) is 4.22. The number of H-pyrrole nitrogens is 1. The highest BCUT2D eigenvalue weighted by molar-refractivity contribution is 5.83. The largest absolute Gasteiger partial charge is 0.361 e. The molecule has 2 N–H and O–H groups in total. The Hall–Kier alpha value is -1.54. The van der Waals surface area contributed by atoms with E-state index in [1.165, 1.54) is 48.8 Å². The number of nitrogens with one attached hydrogen (secondary N) is 2. The molecule has 1 aliphatic rings. The summed E-state index contributed by atoms with van der Waals surface area (Å²) in [6.07, 6.45) is 9.28. The zero-order valence-corrected chi connectivity index (χ0v) is 12.1. The van der Waals surface area contributed by atoms with Gasteiger partial charge < -0.3 is 10.3 Å². The molecule has 1 aromatic heterocycles. The summed E-state index contributed by atoms with van der Waals surface area (Å²) in [7, 11) is 0. The Balaban J connectivity index is 1.83. The zero-order chi connectivity index (χ0) is 13.8. The molecule has 1 aliphatic heterocycles. The van der Waals surface area contributed by atoms with E-state index in [2.05, 4.69) is 53.4 Å². The molecular formula is C18H24N2. The lowest BCUT2D eigenvalue weighted by molar-refractivity contribution is 0.331. The maximum Gasteiger partial charge on any atom is 0.0456 e. The Morgan fingerprint density at radius 2 is 2.05 bits per heavy atom. The molecule has 0 saturated carbocycles. The molecule has 2 nitrogen and oxygen atoms in total. The molecule has 0 amide bonds. The number of aromatic nitrogens is 1. The van der Waals surface area contributed by atoms with Crippen molar-refractivity contribution in [2.75, 3.05) is 13.1 Å². The average molecular weight is 268 g/mol. The third-order valence-corrected chi connectivity index (χ3v) is 4.59. The van der Waals surface area contributed by atoms with E-state index in [4.69, 9.17) is 0 Å². The number of piperidine rings is 1. The molecule has 1 atom stereocenters. The first-order valence-corrected chi connectivity index (χ1v) is 7.76. The standard InChI is InChI=1S/C18H24N2/c1-2-5-15(12-14-8-10-19-11-9-14)17-13-20-18-7-4-3-6-16(17)18/h2-4,6-7,13-15,19-20H,1,5,8-12H2. The summed E-state index contributed by atoms with van der Waals surface area (Å²) in [6, 6.07) is 8.63. The Kier molecular flexibility index (Phi) is 4.22. The van der Waals surface area contributed by atoms with Gasteiger partial charge in [-0.1, -0.05) is 24.3 Å². The average Bonchev–Trinajstić information content (AvgIpc) is 2.92. The Labute approximate surface area is 121 Å². The van der Waals surface area contributed by atoms with Crippen LogP contribution >= 0.6 is 0 Å². The van der Waals surface area contributed by atoms with Crippen molar-refractivity contribution in [3.05, 3.63) is 48.7 Å². The third kappa shape index (κ3) is 2.80. The van der Waals surface area contributed by atoms with Crippen LogP contribution in [0, 0.1) is 5.92 Å². The van der Waals surface area contributed by atoms with Crippen molar-refractivity contribution >= 4 is 10.9 Å². The minimum atomic E-state index is 0.603. The summed E-state index contributed by atoms with van der Waals surface area (Å²) in [5.41, 5.74) is 2.72. The number of hydrogen-bond donors (Lipinski definition) is 2. The molecule has 2 heterocycles. The summed E-state index contributed by atoms with van der Waals surface area (Å²) in [6.45, 7) is 6.32. The predicted molar refractivity (Wildman–Crippen MR) is 86.1 cm³/mol. The molecule has 106 valence electrons. The quantitative estimate of drug-likeness (QED) is 0.781. The van der Waals surface area contributed by atoms with Crippen LogP contribution in [0.4, 0.5) is 0 Å². The number of allylic oxidation sites excluding steroid dienone is 1. The van der Waals surface area contributed by atoms with E-state index in [0.29, 0.717) is 5.92 Å². The molecule has 0 bridgehead atoms. The highest BCUT2D eigenvalue weighted by atomic mass is 14.9. The van der Waals surface area contributed by atoms with Crippen molar-refractivity contribution in [1.82, 2.24) is 10.3 Å². The normalized spacial score (nSPS) is 18.2. The van der Waals surface area contributed by atoms with Gasteiger partial charge in [0.25, 0.3) is 0 Å². The van der Waals surface area contributed by atoms with Crippen molar-refractivity contribution in [2.45, 2.75) is 31.6 Å². The van der Waals surface area contributed by atoms with Crippen LogP contribution in [0.1, 0.15) is 37.2 Å². The Morgan fingerprint density at radius 3 is 2.85 bits per heavy atom. The van der Waals surface area contributed by atoms with E-state index in [9.17, 15) is 0 Å². The smallest absolute Gasteiger partial charge is 0.0456 e. The lowest BCUT2D eigenvalue weighted by Crippen LogP contribution is -2.28. The molecule has 1 fully saturated rings. The Morgan fingerprint density at radius 1 is 1.25 bits per heavy atom. The van der Waals surface area contributed by atoms with Gasteiger partial charge in [0.1, 0.15) is 0 Å². The van der Waals surface area contributed by atoms with E-state index < -0.39 is 0 Å². The number of benzene rings is 1. The van der Waals surface area contributed by atoms with Gasteiger partial charge in [0.2, 0.25) is 0 Å². The van der Waals surface area contributed by atoms with Gasteiger partial charge in [-0.3, -0.25) is 0 Å². The van der Waals surface area contributed by atoms with Gasteiger partial charge in [0.15, 0.2) is 0 Å². The van der Waals surface area contributed by atoms with Gasteiger partial charge in [-0.05, 0) is 62.2 Å². The molecule has 0 aliphatic carbocycles. The molecule has 1 saturated heterocycles. The lowest BCUT2D eigenvalue weighted by Gasteiger charge is -2.26. The molecular weight excluding hydrogens is 244 g/mol. The number of para-hydroxylation sites is 1. The van der Waals surface area contributed by atoms with Crippen LogP contribution in [-0.4, -0.2) is 18.1 Å². The van der Waals surface area contributed by atoms with Crippen LogP contribution in [-0.2, 0) is 0 Å². The van der Waals surface area contributed by atoms with Gasteiger partial charge in [-0.15, -0.1) is 6.58 Å². The molecule has 2 aromatic rings. The first-order valence-electron chi connectivity index (χ1n) is 7.76. The molecule has 0 spiro atoms. The summed E-state index contributed by atoms with van der Waals surface area (Å²) in [5.74, 6) is 1.46. The zero-order valence-electron chi connectivity index (χ0n) is 12.1. The van der Waals surface area contributed by atoms with Gasteiger partial charge in [-0.2, -0.15) is 0 Å². The minimum Gasteiger partial charge on any atom is -0.361 e. The topological polar surface area (TPSA) is 27.8 Å². The van der Waals surface area contributed by atoms with Crippen molar-refractivity contribution in [3.63, 3.8) is 0 Å². The van der Waals surface area contributed by atoms with Crippen molar-refractivity contribution in [1.29, 1.82) is 0 Å². The maximum absolute atomic E-state index is 3.96. The van der Waals surface area contributed by atoms with Crippen LogP contribution < -0.4 is 5.32 Å². The fraction of sp³-hybridized carbons (Fsp3) is 0.444. The van der Waals surface area contributed by atoms with E-state index >= 15 is 0 Å².